The first-order valence-corrected chi connectivity index (χ1v) is 12.8. The van der Waals surface area contributed by atoms with Crippen LogP contribution in [0.15, 0.2) is 9.70 Å². The van der Waals surface area contributed by atoms with Crippen molar-refractivity contribution in [2.24, 2.45) is 5.92 Å². The fourth-order valence-corrected chi connectivity index (χ4v) is 5.70. The fraction of sp³-hybridized carbons (Fsp3) is 0.542. The van der Waals surface area contributed by atoms with E-state index >= 15 is 0 Å². The van der Waals surface area contributed by atoms with Crippen LogP contribution in [0, 0.1) is 24.2 Å². The monoisotopic (exact) mass is 518 g/mol. The molecular weight excluding hydrogens is 488 g/mol. The van der Waals surface area contributed by atoms with E-state index in [2.05, 4.69) is 0 Å². The Balaban J connectivity index is 2.14. The Hall–Kier alpha value is -2.68. The Labute approximate surface area is 214 Å². The number of thiocarbonyl (C=S) groups is 1. The zero-order chi connectivity index (χ0) is 25.7. The van der Waals surface area contributed by atoms with E-state index in [9.17, 15) is 19.6 Å². The highest BCUT2D eigenvalue weighted by Gasteiger charge is 2.34. The van der Waals surface area contributed by atoms with Crippen LogP contribution < -0.4 is 10.5 Å². The first-order valence-electron chi connectivity index (χ1n) is 11.6. The first-order chi connectivity index (χ1) is 16.8. The number of rotatable bonds is 8. The summed E-state index contributed by atoms with van der Waals surface area (Å²) in [5.41, 5.74) is 0.763. The number of thioether (sulfide) groups is 1. The normalized spacial score (nSPS) is 19.4. The number of ether oxygens (including phenoxy) is 2. The molecular formula is C24H30N4O5S2. The molecule has 1 unspecified atom stereocenters. The van der Waals surface area contributed by atoms with E-state index in [4.69, 9.17) is 21.7 Å². The van der Waals surface area contributed by atoms with E-state index in [1.165, 1.54) is 16.7 Å². The van der Waals surface area contributed by atoms with E-state index in [0.29, 0.717) is 72.0 Å². The van der Waals surface area contributed by atoms with Crippen LogP contribution in [0.4, 0.5) is 5.82 Å². The van der Waals surface area contributed by atoms with Gasteiger partial charge in [-0.05, 0) is 45.3 Å². The minimum absolute atomic E-state index is 0.0377. The molecule has 0 saturated carbocycles. The third-order valence-corrected chi connectivity index (χ3v) is 7.55. The standard InChI is InChI=1S/C24H30N4O5S2/c1-5-27-20(26-9-7-8-16(14-26)23(31)33-6-2)17(15(3)18(13-25)21(27)29)12-19-22(30)28(10-11-32-4)24(34)35-19/h12,16H,5-11,14H2,1-4H3/b19-12-. The highest BCUT2D eigenvalue weighted by molar-refractivity contribution is 8.26. The molecule has 2 aliphatic heterocycles. The molecule has 1 amide bonds. The molecule has 2 aliphatic rings. The van der Waals surface area contributed by atoms with Crippen molar-refractivity contribution in [1.29, 1.82) is 5.26 Å². The number of aromatic nitrogens is 1. The molecule has 0 radical (unpaired) electrons. The van der Waals surface area contributed by atoms with Gasteiger partial charge in [-0.1, -0.05) is 24.0 Å². The number of piperidine rings is 1. The summed E-state index contributed by atoms with van der Waals surface area (Å²) >= 11 is 6.59. The Kier molecular flexibility index (Phi) is 9.10. The molecule has 11 heteroatoms. The predicted octanol–water partition coefficient (Wildman–Crippen LogP) is 2.68. The van der Waals surface area contributed by atoms with Crippen molar-refractivity contribution in [1.82, 2.24) is 9.47 Å². The summed E-state index contributed by atoms with van der Waals surface area (Å²) in [5, 5.41) is 9.74. The summed E-state index contributed by atoms with van der Waals surface area (Å²) in [6.07, 6.45) is 3.17. The van der Waals surface area contributed by atoms with Crippen molar-refractivity contribution in [2.45, 2.75) is 40.2 Å². The predicted molar refractivity (Wildman–Crippen MR) is 139 cm³/mol. The average Bonchev–Trinajstić information content (AvgIpc) is 3.11. The SMILES string of the molecule is CCOC(=O)C1CCCN(c2c(/C=C3\SC(=S)N(CCOC)C3=O)c(C)c(C#N)c(=O)n2CC)C1. The van der Waals surface area contributed by atoms with Crippen LogP contribution >= 0.6 is 24.0 Å². The second-order valence-electron chi connectivity index (χ2n) is 8.26. The number of nitrogens with zero attached hydrogens (tertiary/aromatic N) is 4. The van der Waals surface area contributed by atoms with Gasteiger partial charge in [0.1, 0.15) is 21.8 Å². The quantitative estimate of drug-likeness (QED) is 0.292. The molecule has 35 heavy (non-hydrogen) atoms. The summed E-state index contributed by atoms with van der Waals surface area (Å²) in [7, 11) is 1.56. The lowest BCUT2D eigenvalue weighted by molar-refractivity contribution is -0.148. The molecule has 0 bridgehead atoms. The van der Waals surface area contributed by atoms with Crippen LogP contribution in [0.25, 0.3) is 6.08 Å². The van der Waals surface area contributed by atoms with Gasteiger partial charge in [-0.25, -0.2) is 0 Å². The minimum atomic E-state index is -0.384. The number of hydrogen-bond acceptors (Lipinski definition) is 9. The lowest BCUT2D eigenvalue weighted by Crippen LogP contribution is -2.43. The number of carbonyl (C=O) groups is 2. The Bertz CT molecular complexity index is 1150. The highest BCUT2D eigenvalue weighted by Crippen LogP contribution is 2.36. The Morgan fingerprint density at radius 2 is 2.09 bits per heavy atom. The molecule has 0 aliphatic carbocycles. The van der Waals surface area contributed by atoms with Crippen LogP contribution in [0.5, 0.6) is 0 Å². The molecule has 3 heterocycles. The summed E-state index contributed by atoms with van der Waals surface area (Å²) < 4.78 is 12.3. The zero-order valence-electron chi connectivity index (χ0n) is 20.5. The van der Waals surface area contributed by atoms with Gasteiger partial charge in [-0.3, -0.25) is 23.9 Å². The summed E-state index contributed by atoms with van der Waals surface area (Å²) in [4.78, 5) is 42.7. The topological polar surface area (TPSA) is 105 Å². The van der Waals surface area contributed by atoms with E-state index < -0.39 is 0 Å². The molecule has 1 atom stereocenters. The van der Waals surface area contributed by atoms with Gasteiger partial charge >= 0.3 is 5.97 Å². The maximum atomic E-state index is 13.2. The van der Waals surface area contributed by atoms with Gasteiger partial charge in [-0.2, -0.15) is 5.26 Å². The van der Waals surface area contributed by atoms with Gasteiger partial charge in [0.2, 0.25) is 0 Å². The van der Waals surface area contributed by atoms with E-state index in [0.717, 1.165) is 6.42 Å². The summed E-state index contributed by atoms with van der Waals surface area (Å²) in [6, 6.07) is 2.03. The lowest BCUT2D eigenvalue weighted by atomic mass is 9.96. The second kappa shape index (κ2) is 11.8. The Morgan fingerprint density at radius 3 is 2.71 bits per heavy atom. The van der Waals surface area contributed by atoms with Crippen LogP contribution in [-0.4, -0.2) is 65.6 Å². The van der Waals surface area contributed by atoms with Crippen LogP contribution in [0.3, 0.4) is 0 Å². The third-order valence-electron chi connectivity index (χ3n) is 6.17. The number of esters is 1. The number of hydrogen-bond donors (Lipinski definition) is 0. The summed E-state index contributed by atoms with van der Waals surface area (Å²) in [6.45, 7) is 7.69. The highest BCUT2D eigenvalue weighted by atomic mass is 32.2. The van der Waals surface area contributed by atoms with Crippen molar-refractivity contribution in [3.8, 4) is 6.07 Å². The van der Waals surface area contributed by atoms with Gasteiger partial charge in [0.15, 0.2) is 0 Å². The van der Waals surface area contributed by atoms with Crippen LogP contribution in [0.2, 0.25) is 0 Å². The smallest absolute Gasteiger partial charge is 0.310 e. The van der Waals surface area contributed by atoms with E-state index in [1.807, 2.05) is 17.9 Å². The first kappa shape index (κ1) is 26.9. The zero-order valence-corrected chi connectivity index (χ0v) is 22.1. The molecule has 1 aromatic rings. The third kappa shape index (κ3) is 5.44. The van der Waals surface area contributed by atoms with Crippen molar-refractivity contribution in [2.75, 3.05) is 44.9 Å². The molecule has 1 aromatic heterocycles. The number of carbonyl (C=O) groups excluding carboxylic acids is 2. The molecule has 9 nitrogen and oxygen atoms in total. The number of methoxy groups -OCH3 is 1. The molecule has 2 saturated heterocycles. The average molecular weight is 519 g/mol. The van der Waals surface area contributed by atoms with Gasteiger partial charge in [0, 0.05) is 32.3 Å². The van der Waals surface area contributed by atoms with Gasteiger partial charge < -0.3 is 14.4 Å². The molecule has 0 N–H and O–H groups in total. The van der Waals surface area contributed by atoms with E-state index in [1.54, 1.807) is 31.6 Å². The van der Waals surface area contributed by atoms with Crippen molar-refractivity contribution < 1.29 is 19.1 Å². The number of nitriles is 1. The maximum Gasteiger partial charge on any atom is 0.310 e. The molecule has 0 spiro atoms. The fourth-order valence-electron chi connectivity index (χ4n) is 4.41. The maximum absolute atomic E-state index is 13.2. The van der Waals surface area contributed by atoms with E-state index in [-0.39, 0.29) is 28.9 Å². The largest absolute Gasteiger partial charge is 0.466 e. The number of pyridine rings is 1. The lowest BCUT2D eigenvalue weighted by Gasteiger charge is -2.36. The molecule has 188 valence electrons. The molecule has 2 fully saturated rings. The van der Waals surface area contributed by atoms with Gasteiger partial charge in [-0.15, -0.1) is 0 Å². The summed E-state index contributed by atoms with van der Waals surface area (Å²) in [5.74, 6) is -0.211. The van der Waals surface area contributed by atoms with Crippen molar-refractivity contribution in [3.05, 3.63) is 31.9 Å². The van der Waals surface area contributed by atoms with Crippen molar-refractivity contribution >= 4 is 52.1 Å². The second-order valence-corrected chi connectivity index (χ2v) is 9.94. The van der Waals surface area contributed by atoms with Gasteiger partial charge in [0.25, 0.3) is 11.5 Å². The number of amides is 1. The minimum Gasteiger partial charge on any atom is -0.466 e. The van der Waals surface area contributed by atoms with Crippen LogP contribution in [0.1, 0.15) is 43.4 Å². The van der Waals surface area contributed by atoms with Crippen LogP contribution in [-0.2, 0) is 25.6 Å². The van der Waals surface area contributed by atoms with Gasteiger partial charge in [0.05, 0.1) is 30.6 Å². The molecule has 0 aromatic carbocycles. The molecule has 3 rings (SSSR count). The van der Waals surface area contributed by atoms with Crippen molar-refractivity contribution in [3.63, 3.8) is 0 Å². The Morgan fingerprint density at radius 1 is 1.34 bits per heavy atom. The number of anilines is 1.